The molecule has 1 unspecified atom stereocenters. The number of carbonyl (C=O) groups is 1. The molecular formula is C23H26FN4O4P. The summed E-state index contributed by atoms with van der Waals surface area (Å²) in [6.07, 6.45) is 2.24. The predicted molar refractivity (Wildman–Crippen MR) is 124 cm³/mol. The van der Waals surface area contributed by atoms with Crippen LogP contribution >= 0.6 is 8.38 Å². The van der Waals surface area contributed by atoms with Crippen LogP contribution in [0, 0.1) is 24.2 Å². The quantitative estimate of drug-likeness (QED) is 0.351. The minimum atomic E-state index is -1.63. The van der Waals surface area contributed by atoms with Gasteiger partial charge in [-0.05, 0) is 19.1 Å². The van der Waals surface area contributed by atoms with Gasteiger partial charge in [-0.3, -0.25) is 9.36 Å². The van der Waals surface area contributed by atoms with Crippen LogP contribution in [0.2, 0.25) is 0 Å². The Balaban J connectivity index is 1.80. The van der Waals surface area contributed by atoms with Gasteiger partial charge >= 0.3 is 5.69 Å². The molecule has 1 aromatic carbocycles. The molecule has 1 heterocycles. The summed E-state index contributed by atoms with van der Waals surface area (Å²) < 4.78 is 35.8. The third kappa shape index (κ3) is 6.11. The molecule has 1 aliphatic carbocycles. The summed E-state index contributed by atoms with van der Waals surface area (Å²) in [5, 5.41) is 11.3. The second-order valence-electron chi connectivity index (χ2n) is 7.52. The van der Waals surface area contributed by atoms with Crippen molar-refractivity contribution in [2.45, 2.75) is 38.6 Å². The number of aryl methyl sites for hydroxylation is 1. The van der Waals surface area contributed by atoms with Gasteiger partial charge < -0.3 is 14.4 Å². The number of nitrogens with zero attached hydrogens (tertiary/aromatic N) is 3. The van der Waals surface area contributed by atoms with E-state index in [2.05, 4.69) is 10.3 Å². The zero-order chi connectivity index (χ0) is 24.7. The summed E-state index contributed by atoms with van der Waals surface area (Å²) in [5.41, 5.74) is 0.182. The molecule has 33 heavy (non-hydrogen) atoms. The van der Waals surface area contributed by atoms with Crippen molar-refractivity contribution in [3.8, 4) is 6.07 Å². The summed E-state index contributed by atoms with van der Waals surface area (Å²) in [6, 6.07) is 9.49. The molecule has 0 bridgehead atoms. The average Bonchev–Trinajstić information content (AvgIpc) is 2.83. The number of alkyl halides is 1. The summed E-state index contributed by atoms with van der Waals surface area (Å²) >= 11 is 0. The molecule has 1 amide bonds. The molecule has 0 spiro atoms. The molecule has 3 rings (SSSR count). The Labute approximate surface area is 194 Å². The minimum Gasteiger partial charge on any atom is -0.333 e. The van der Waals surface area contributed by atoms with Gasteiger partial charge in [-0.1, -0.05) is 37.3 Å². The smallest absolute Gasteiger partial charge is 0.333 e. The molecule has 0 saturated carbocycles. The number of carbonyl (C=O) groups excluding carboxylic acids is 1. The number of nitrogens with one attached hydrogen (secondary N) is 1. The van der Waals surface area contributed by atoms with Gasteiger partial charge in [0.2, 0.25) is 0 Å². The van der Waals surface area contributed by atoms with Crippen molar-refractivity contribution in [1.29, 1.82) is 5.26 Å². The Kier molecular flexibility index (Phi) is 7.95. The summed E-state index contributed by atoms with van der Waals surface area (Å²) in [4.78, 5) is 29.2. The zero-order valence-corrected chi connectivity index (χ0v) is 19.2. The van der Waals surface area contributed by atoms with Gasteiger partial charge in [0.25, 0.3) is 5.91 Å². The van der Waals surface area contributed by atoms with Crippen molar-refractivity contribution in [2.75, 3.05) is 18.6 Å². The first-order valence-corrected chi connectivity index (χ1v) is 12.0. The number of hydrogen-bond acceptors (Lipinski definition) is 6. The Hall–Kier alpha value is -2.92. The van der Waals surface area contributed by atoms with Gasteiger partial charge in [0.05, 0.1) is 25.1 Å². The van der Waals surface area contributed by atoms with E-state index in [1.54, 1.807) is 56.1 Å². The second-order valence-corrected chi connectivity index (χ2v) is 8.87. The first-order valence-electron chi connectivity index (χ1n) is 11.0. The van der Waals surface area contributed by atoms with Crippen molar-refractivity contribution in [2.24, 2.45) is 5.92 Å². The van der Waals surface area contributed by atoms with E-state index in [9.17, 15) is 9.59 Å². The lowest BCUT2D eigenvalue weighted by molar-refractivity contribution is 0.0400. The predicted octanol–water partition coefficient (Wildman–Crippen LogP) is 4.15. The molecule has 2 aromatic rings. The Morgan fingerprint density at radius 2 is 2.15 bits per heavy atom. The fraction of sp³-hybridized carbons (Fsp3) is 0.391. The third-order valence-corrected chi connectivity index (χ3v) is 6.18. The Morgan fingerprint density at radius 3 is 2.85 bits per heavy atom. The van der Waals surface area contributed by atoms with E-state index in [1.807, 2.05) is 6.07 Å². The number of benzene rings is 1. The molecule has 174 valence electrons. The number of nitriles is 1. The molecular weight excluding hydrogens is 446 g/mol. The van der Waals surface area contributed by atoms with Crippen LogP contribution in [0.1, 0.15) is 36.7 Å². The second kappa shape index (κ2) is 11.3. The van der Waals surface area contributed by atoms with Crippen LogP contribution in [0.3, 0.4) is 0 Å². The van der Waals surface area contributed by atoms with Gasteiger partial charge in [0, 0.05) is 31.3 Å². The fourth-order valence-electron chi connectivity index (χ4n) is 3.38. The highest BCUT2D eigenvalue weighted by Crippen LogP contribution is 2.42. The molecule has 0 aliphatic heterocycles. The monoisotopic (exact) mass is 473 g/mol. The number of halogens is 1. The molecule has 0 fully saturated rings. The first-order chi connectivity index (χ1) is 16.3. The van der Waals surface area contributed by atoms with Crippen LogP contribution in [0.5, 0.6) is 0 Å². The standard InChI is InChI=1S/C23H26FN4O4P/c1-15-10-11-18(19(24)20(15)32-33(3)31-13-7-12-25)28-14-16(2)21(27-23(28)30)26-22(29)17-8-5-4-6-9-17/h4-6,8-11,14-15,18-20H,7,13H2,1-3H3,(H,26,27,29,30)/t15-,18+,19-,20+,33?/m0/s1/i1D. The van der Waals surface area contributed by atoms with Crippen LogP contribution in [-0.2, 0) is 9.05 Å². The van der Waals surface area contributed by atoms with Crippen molar-refractivity contribution in [3.63, 3.8) is 0 Å². The highest BCUT2D eigenvalue weighted by molar-refractivity contribution is 7.46. The number of hydrogen-bond donors (Lipinski definition) is 1. The normalized spacial score (nSPS) is 23.4. The fourth-order valence-corrected chi connectivity index (χ4v) is 4.41. The zero-order valence-electron chi connectivity index (χ0n) is 19.3. The van der Waals surface area contributed by atoms with E-state index in [0.29, 0.717) is 11.1 Å². The maximum atomic E-state index is 15.6. The highest BCUT2D eigenvalue weighted by Gasteiger charge is 2.38. The minimum absolute atomic E-state index is 0.0910. The van der Waals surface area contributed by atoms with E-state index in [1.165, 1.54) is 10.8 Å². The topological polar surface area (TPSA) is 106 Å². The molecule has 1 N–H and O–H groups in total. The van der Waals surface area contributed by atoms with Crippen molar-refractivity contribution in [1.82, 2.24) is 9.55 Å². The number of amides is 1. The largest absolute Gasteiger partial charge is 0.350 e. The van der Waals surface area contributed by atoms with Crippen LogP contribution < -0.4 is 11.0 Å². The number of anilines is 1. The average molecular weight is 473 g/mol. The highest BCUT2D eigenvalue weighted by atomic mass is 31.2. The van der Waals surface area contributed by atoms with Crippen LogP contribution in [-0.4, -0.2) is 41.0 Å². The molecule has 8 nitrogen and oxygen atoms in total. The lowest BCUT2D eigenvalue weighted by Gasteiger charge is -2.35. The van der Waals surface area contributed by atoms with Crippen LogP contribution in [0.15, 0.2) is 53.5 Å². The van der Waals surface area contributed by atoms with E-state index in [0.717, 1.165) is 0 Å². The summed E-state index contributed by atoms with van der Waals surface area (Å²) in [6.45, 7) is 3.41. The Bertz CT molecular complexity index is 1120. The summed E-state index contributed by atoms with van der Waals surface area (Å²) in [5.74, 6) is -0.816. The Morgan fingerprint density at radius 1 is 1.39 bits per heavy atom. The SMILES string of the molecule is [2H]C[C@H]1C=C[C@@H](n2cc(C)c(NC(=O)c3ccccc3)nc2=O)[C@H](F)[C@@H]1OP(C)OCCC#N. The lowest BCUT2D eigenvalue weighted by atomic mass is 9.89. The first kappa shape index (κ1) is 23.2. The molecule has 0 radical (unpaired) electrons. The van der Waals surface area contributed by atoms with E-state index in [4.69, 9.17) is 15.7 Å². The number of aromatic nitrogens is 2. The maximum absolute atomic E-state index is 15.6. The van der Waals surface area contributed by atoms with Crippen molar-refractivity contribution < 1.29 is 19.6 Å². The van der Waals surface area contributed by atoms with Gasteiger partial charge in [0.1, 0.15) is 11.9 Å². The van der Waals surface area contributed by atoms with Gasteiger partial charge in [-0.15, -0.1) is 0 Å². The van der Waals surface area contributed by atoms with E-state index in [-0.39, 0.29) is 25.7 Å². The van der Waals surface area contributed by atoms with Crippen LogP contribution in [0.25, 0.3) is 0 Å². The van der Waals surface area contributed by atoms with Gasteiger partial charge in [-0.25, -0.2) is 9.18 Å². The molecule has 1 aromatic heterocycles. The molecule has 1 aliphatic rings. The van der Waals surface area contributed by atoms with Gasteiger partial charge in [-0.2, -0.15) is 10.2 Å². The molecule has 0 saturated heterocycles. The van der Waals surface area contributed by atoms with Crippen molar-refractivity contribution in [3.05, 3.63) is 70.3 Å². The van der Waals surface area contributed by atoms with E-state index < -0.39 is 44.2 Å². The third-order valence-electron chi connectivity index (χ3n) is 5.10. The number of allylic oxidation sites excluding steroid dienone is 1. The van der Waals surface area contributed by atoms with Crippen LogP contribution in [0.4, 0.5) is 10.2 Å². The van der Waals surface area contributed by atoms with Gasteiger partial charge in [0.15, 0.2) is 14.5 Å². The molecule has 5 atom stereocenters. The maximum Gasteiger partial charge on any atom is 0.350 e. The number of rotatable bonds is 8. The lowest BCUT2D eigenvalue weighted by Crippen LogP contribution is -2.42. The molecule has 10 heteroatoms. The van der Waals surface area contributed by atoms with E-state index >= 15 is 4.39 Å². The summed E-state index contributed by atoms with van der Waals surface area (Å²) in [7, 11) is -1.47. The van der Waals surface area contributed by atoms with Crippen molar-refractivity contribution >= 4 is 20.1 Å².